The van der Waals surface area contributed by atoms with E-state index < -0.39 is 11.2 Å². The predicted molar refractivity (Wildman–Crippen MR) is 209 cm³/mol. The van der Waals surface area contributed by atoms with Crippen molar-refractivity contribution in [3.63, 3.8) is 0 Å². The number of halogens is 2. The van der Waals surface area contributed by atoms with Crippen molar-refractivity contribution in [1.82, 2.24) is 19.8 Å². The monoisotopic (exact) mass is 796 g/mol. The van der Waals surface area contributed by atoms with E-state index in [0.717, 1.165) is 35.4 Å². The highest BCUT2D eigenvalue weighted by Gasteiger charge is 2.30. The maximum atomic E-state index is 13.5. The quantitative estimate of drug-likeness (QED) is 0.184. The number of nitrogens with zero attached hydrogens (tertiary/aromatic N) is 5. The Morgan fingerprint density at radius 2 is 1.37 bits per heavy atom. The van der Waals surface area contributed by atoms with E-state index in [1.807, 2.05) is 47.6 Å². The molecule has 0 radical (unpaired) electrons. The second-order valence-corrected chi connectivity index (χ2v) is 17.9. The number of carbonyl (C=O) groups excluding carboxylic acids is 3. The summed E-state index contributed by atoms with van der Waals surface area (Å²) < 4.78 is 38.7. The molecule has 54 heavy (non-hydrogen) atoms. The molecular formula is C38H42F2N6O5S3. The van der Waals surface area contributed by atoms with Crippen LogP contribution in [0, 0.1) is 23.0 Å². The first-order valence-corrected chi connectivity index (χ1v) is 19.7. The van der Waals surface area contributed by atoms with Crippen molar-refractivity contribution in [2.45, 2.75) is 85.0 Å². The summed E-state index contributed by atoms with van der Waals surface area (Å²) in [5, 5.41) is 10.7. The summed E-state index contributed by atoms with van der Waals surface area (Å²) in [4.78, 5) is 47.9. The van der Waals surface area contributed by atoms with Gasteiger partial charge >= 0.3 is 12.2 Å². The minimum absolute atomic E-state index is 0.227. The van der Waals surface area contributed by atoms with Crippen LogP contribution < -0.4 is 5.73 Å². The molecule has 16 heteroatoms. The molecule has 5 aromatic rings. The summed E-state index contributed by atoms with van der Waals surface area (Å²) in [7, 11) is 0. The molecule has 2 aliphatic rings. The van der Waals surface area contributed by atoms with Crippen molar-refractivity contribution in [1.29, 1.82) is 5.26 Å². The molecule has 1 saturated heterocycles. The summed E-state index contributed by atoms with van der Waals surface area (Å²) in [5.74, 6) is -0.362. The number of hydrogen-bond donors (Lipinski definition) is 1. The zero-order valence-corrected chi connectivity index (χ0v) is 33.4. The fourth-order valence-corrected chi connectivity index (χ4v) is 8.62. The van der Waals surface area contributed by atoms with Crippen molar-refractivity contribution < 1.29 is 32.6 Å². The number of thiazole rings is 2. The molecule has 0 spiro atoms. The minimum atomic E-state index is -0.521. The highest BCUT2D eigenvalue weighted by Crippen LogP contribution is 2.44. The van der Waals surface area contributed by atoms with Gasteiger partial charge in [0.15, 0.2) is 0 Å². The number of hydrogen-bond acceptors (Lipinski definition) is 12. The van der Waals surface area contributed by atoms with E-state index in [0.29, 0.717) is 67.9 Å². The molecule has 5 heterocycles. The molecule has 1 fully saturated rings. The molecule has 0 unspecified atom stereocenters. The zero-order chi connectivity index (χ0) is 39.4. The van der Waals surface area contributed by atoms with E-state index in [-0.39, 0.29) is 29.6 Å². The molecule has 2 aromatic carbocycles. The summed E-state index contributed by atoms with van der Waals surface area (Å²) in [6.45, 7) is 13.1. The maximum Gasteiger partial charge on any atom is 0.410 e. The average Bonchev–Trinajstić information content (AvgIpc) is 3.77. The van der Waals surface area contributed by atoms with Gasteiger partial charge in [0.25, 0.3) is 0 Å². The SMILES string of the molecule is CC(C)(C)OC(=O)N1CCC(=O)CC1.CC(C)(C)OC(=O)N1CCc2c(sc(N)c2-c2nc3cc(F)ccc3s2)C1.N#CCc1nc2cc(F)ccc2s1. The van der Waals surface area contributed by atoms with Gasteiger partial charge in [0, 0.05) is 55.0 Å². The van der Waals surface area contributed by atoms with E-state index in [1.165, 1.54) is 58.3 Å². The number of Topliss-reactive ketones (excluding diaryl/α,β-unsaturated/α-hetero) is 1. The highest BCUT2D eigenvalue weighted by atomic mass is 32.1. The Balaban J connectivity index is 0.000000174. The van der Waals surface area contributed by atoms with Gasteiger partial charge in [0.2, 0.25) is 0 Å². The van der Waals surface area contributed by atoms with Crippen LogP contribution in [0.2, 0.25) is 0 Å². The number of fused-ring (bicyclic) bond motifs is 3. The van der Waals surface area contributed by atoms with Crippen LogP contribution in [0.25, 0.3) is 31.0 Å². The standard InChI is InChI=1S/C19H20FN3O2S2.C10H17NO3.C9H5FN2S/c1-19(2,3)25-18(24)23-7-6-11-14(9-23)26-16(21)15(11)17-22-12-8-10(20)4-5-13(12)27-17;1-10(2,3)14-9(13)11-6-4-8(12)5-7-11;10-6-1-2-8-7(5-6)12-9(13-8)3-4-11/h4-5,8H,6-7,9,21H2,1-3H3;4-7H2,1-3H3;1-2,5H,3H2. The normalized spacial score (nSPS) is 14.4. The number of benzene rings is 2. The van der Waals surface area contributed by atoms with Crippen molar-refractivity contribution >= 4 is 77.4 Å². The van der Waals surface area contributed by atoms with Crippen molar-refractivity contribution in [2.75, 3.05) is 25.4 Å². The second-order valence-electron chi connectivity index (χ2n) is 14.6. The van der Waals surface area contributed by atoms with Gasteiger partial charge < -0.3 is 25.0 Å². The molecule has 2 amide bonds. The molecule has 7 rings (SSSR count). The third kappa shape index (κ3) is 10.7. The number of nitrogen functional groups attached to an aromatic ring is 1. The van der Waals surface area contributed by atoms with Crippen LogP contribution in [-0.2, 0) is 33.7 Å². The van der Waals surface area contributed by atoms with Crippen LogP contribution in [0.3, 0.4) is 0 Å². The smallest absolute Gasteiger partial charge is 0.410 e. The molecule has 2 aliphatic heterocycles. The number of aromatic nitrogens is 2. The van der Waals surface area contributed by atoms with E-state index in [9.17, 15) is 23.2 Å². The Labute approximate surface area is 324 Å². The largest absolute Gasteiger partial charge is 0.444 e. The number of amides is 2. The van der Waals surface area contributed by atoms with Gasteiger partial charge in [-0.25, -0.2) is 28.3 Å². The fourth-order valence-electron chi connectivity index (χ4n) is 5.51. The van der Waals surface area contributed by atoms with Gasteiger partial charge in [-0.05, 0) is 77.8 Å². The lowest BCUT2D eigenvalue weighted by Gasteiger charge is -2.30. The number of likely N-dealkylation sites (tertiary alicyclic amines) is 1. The van der Waals surface area contributed by atoms with Crippen LogP contribution in [0.5, 0.6) is 0 Å². The van der Waals surface area contributed by atoms with E-state index in [4.69, 9.17) is 20.5 Å². The first kappa shape index (κ1) is 40.5. The number of carbonyl (C=O) groups is 3. The van der Waals surface area contributed by atoms with Gasteiger partial charge in [-0.2, -0.15) is 5.26 Å². The number of piperidine rings is 1. The zero-order valence-electron chi connectivity index (χ0n) is 31.0. The van der Waals surface area contributed by atoms with Crippen LogP contribution in [0.4, 0.5) is 23.4 Å². The summed E-state index contributed by atoms with van der Waals surface area (Å²) in [6.07, 6.45) is 1.28. The second kappa shape index (κ2) is 16.7. The van der Waals surface area contributed by atoms with E-state index >= 15 is 0 Å². The number of anilines is 1. The van der Waals surface area contributed by atoms with Gasteiger partial charge in [-0.3, -0.25) is 4.79 Å². The Kier molecular flexibility index (Phi) is 12.5. The number of nitrogens with two attached hydrogens (primary N) is 1. The fraction of sp³-hybridized carbons (Fsp3) is 0.421. The lowest BCUT2D eigenvalue weighted by atomic mass is 10.0. The number of rotatable bonds is 2. The first-order valence-electron chi connectivity index (χ1n) is 17.2. The van der Waals surface area contributed by atoms with Crippen LogP contribution in [0.15, 0.2) is 36.4 Å². The number of nitriles is 1. The predicted octanol–water partition coefficient (Wildman–Crippen LogP) is 9.13. The maximum absolute atomic E-state index is 13.5. The van der Waals surface area contributed by atoms with Crippen molar-refractivity contribution in [3.8, 4) is 16.6 Å². The first-order chi connectivity index (χ1) is 25.4. The number of thiophene rings is 1. The molecule has 2 N–H and O–H groups in total. The lowest BCUT2D eigenvalue weighted by Crippen LogP contribution is -2.41. The Morgan fingerprint density at radius 1 is 0.833 bits per heavy atom. The Morgan fingerprint density at radius 3 is 1.94 bits per heavy atom. The van der Waals surface area contributed by atoms with Gasteiger partial charge in [-0.1, -0.05) is 0 Å². The molecular weight excluding hydrogens is 755 g/mol. The molecule has 3 aromatic heterocycles. The highest BCUT2D eigenvalue weighted by molar-refractivity contribution is 7.22. The summed E-state index contributed by atoms with van der Waals surface area (Å²) in [6, 6.07) is 11.1. The average molecular weight is 797 g/mol. The minimum Gasteiger partial charge on any atom is -0.444 e. The third-order valence-electron chi connectivity index (χ3n) is 7.90. The summed E-state index contributed by atoms with van der Waals surface area (Å²) >= 11 is 4.42. The molecule has 286 valence electrons. The third-order valence-corrected chi connectivity index (χ3v) is 11.0. The van der Waals surface area contributed by atoms with Crippen molar-refractivity contribution in [3.05, 3.63) is 63.5 Å². The molecule has 0 saturated carbocycles. The van der Waals surface area contributed by atoms with Gasteiger partial charge in [0.1, 0.15) is 38.6 Å². The van der Waals surface area contributed by atoms with Crippen LogP contribution >= 0.6 is 34.0 Å². The Bertz CT molecular complexity index is 2200. The van der Waals surface area contributed by atoms with E-state index in [1.54, 1.807) is 21.9 Å². The molecule has 0 atom stereocenters. The van der Waals surface area contributed by atoms with Gasteiger partial charge in [-0.15, -0.1) is 34.0 Å². The Hall–Kier alpha value is -4.72. The van der Waals surface area contributed by atoms with Crippen molar-refractivity contribution in [2.24, 2.45) is 0 Å². The summed E-state index contributed by atoms with van der Waals surface area (Å²) in [5.41, 5.74) is 8.67. The van der Waals surface area contributed by atoms with Gasteiger partial charge in [0.05, 0.1) is 44.5 Å². The molecule has 0 aliphatic carbocycles. The van der Waals surface area contributed by atoms with E-state index in [2.05, 4.69) is 9.97 Å². The molecule has 0 bridgehead atoms. The van der Waals surface area contributed by atoms with Crippen LogP contribution in [0.1, 0.15) is 69.8 Å². The number of ketones is 1. The number of ether oxygens (including phenoxy) is 2. The lowest BCUT2D eigenvalue weighted by molar-refractivity contribution is -0.121. The topological polar surface area (TPSA) is 152 Å². The molecule has 11 nitrogen and oxygen atoms in total. The van der Waals surface area contributed by atoms with Crippen LogP contribution in [-0.4, -0.2) is 68.6 Å².